The zero-order chi connectivity index (χ0) is 13.0. The Hall–Kier alpha value is -1.16. The molecule has 4 nitrogen and oxygen atoms in total. The van der Waals surface area contributed by atoms with E-state index in [9.17, 15) is 5.11 Å². The van der Waals surface area contributed by atoms with Crippen molar-refractivity contribution in [1.29, 1.82) is 0 Å². The first-order valence-corrected chi connectivity index (χ1v) is 6.15. The average molecular weight is 237 g/mol. The first-order chi connectivity index (χ1) is 7.90. The van der Waals surface area contributed by atoms with E-state index in [1.165, 1.54) is 0 Å². The molecule has 0 aliphatic carbocycles. The number of anilines is 1. The Kier molecular flexibility index (Phi) is 4.87. The highest BCUT2D eigenvalue weighted by atomic mass is 16.3. The topological polar surface area (TPSA) is 49.2 Å². The molecule has 0 aliphatic heterocycles. The van der Waals surface area contributed by atoms with Crippen LogP contribution in [0.3, 0.4) is 0 Å². The normalized spacial score (nSPS) is 12.9. The lowest BCUT2D eigenvalue weighted by Gasteiger charge is -2.20. The predicted molar refractivity (Wildman–Crippen MR) is 70.4 cm³/mol. The van der Waals surface area contributed by atoms with Gasteiger partial charge >= 0.3 is 0 Å². The highest BCUT2D eigenvalue weighted by Gasteiger charge is 2.09. The van der Waals surface area contributed by atoms with Crippen LogP contribution < -0.4 is 4.90 Å². The first-order valence-electron chi connectivity index (χ1n) is 6.15. The van der Waals surface area contributed by atoms with Crippen molar-refractivity contribution in [3.63, 3.8) is 0 Å². The SMILES string of the molecule is Cc1cc(N(C)CCC(C)O)nc(C(C)C)n1. The highest BCUT2D eigenvalue weighted by Crippen LogP contribution is 2.16. The van der Waals surface area contributed by atoms with E-state index in [0.29, 0.717) is 5.92 Å². The van der Waals surface area contributed by atoms with Crippen LogP contribution in [0, 0.1) is 6.92 Å². The summed E-state index contributed by atoms with van der Waals surface area (Å²) in [5, 5.41) is 9.29. The van der Waals surface area contributed by atoms with Gasteiger partial charge in [-0.1, -0.05) is 13.8 Å². The number of rotatable bonds is 5. The largest absolute Gasteiger partial charge is 0.393 e. The lowest BCUT2D eigenvalue weighted by atomic mass is 10.2. The molecule has 1 heterocycles. The Bertz CT molecular complexity index is 364. The van der Waals surface area contributed by atoms with Gasteiger partial charge in [0.1, 0.15) is 11.6 Å². The molecule has 0 saturated carbocycles. The molecule has 1 rings (SSSR count). The van der Waals surface area contributed by atoms with Gasteiger partial charge in [-0.2, -0.15) is 0 Å². The molecular weight excluding hydrogens is 214 g/mol. The van der Waals surface area contributed by atoms with Crippen molar-refractivity contribution in [2.24, 2.45) is 0 Å². The van der Waals surface area contributed by atoms with Gasteiger partial charge in [0.05, 0.1) is 6.10 Å². The van der Waals surface area contributed by atoms with Crippen molar-refractivity contribution in [2.75, 3.05) is 18.5 Å². The van der Waals surface area contributed by atoms with Gasteiger partial charge in [-0.05, 0) is 20.3 Å². The van der Waals surface area contributed by atoms with Crippen molar-refractivity contribution in [3.8, 4) is 0 Å². The van der Waals surface area contributed by atoms with E-state index in [1.807, 2.05) is 20.0 Å². The number of aryl methyl sites for hydroxylation is 1. The molecule has 4 heteroatoms. The van der Waals surface area contributed by atoms with E-state index < -0.39 is 0 Å². The number of hydrogen-bond acceptors (Lipinski definition) is 4. The van der Waals surface area contributed by atoms with Crippen molar-refractivity contribution >= 4 is 5.82 Å². The van der Waals surface area contributed by atoms with Crippen LogP contribution in [0.2, 0.25) is 0 Å². The Labute approximate surface area is 104 Å². The van der Waals surface area contributed by atoms with Crippen molar-refractivity contribution in [3.05, 3.63) is 17.6 Å². The van der Waals surface area contributed by atoms with Crippen LogP contribution in [0.25, 0.3) is 0 Å². The van der Waals surface area contributed by atoms with E-state index in [0.717, 1.165) is 30.3 Å². The van der Waals surface area contributed by atoms with Crippen LogP contribution in [0.1, 0.15) is 44.6 Å². The van der Waals surface area contributed by atoms with Gasteiger partial charge in [0.25, 0.3) is 0 Å². The number of hydrogen-bond donors (Lipinski definition) is 1. The number of aliphatic hydroxyl groups excluding tert-OH is 1. The second-order valence-electron chi connectivity index (χ2n) is 4.94. The minimum atomic E-state index is -0.273. The maximum absolute atomic E-state index is 9.29. The van der Waals surface area contributed by atoms with E-state index in [-0.39, 0.29) is 6.10 Å². The number of aliphatic hydroxyl groups is 1. The molecule has 0 radical (unpaired) electrons. The quantitative estimate of drug-likeness (QED) is 0.852. The van der Waals surface area contributed by atoms with E-state index >= 15 is 0 Å². The molecule has 0 spiro atoms. The molecule has 1 N–H and O–H groups in total. The number of aromatic nitrogens is 2. The van der Waals surface area contributed by atoms with Crippen LogP contribution in [-0.4, -0.2) is 34.8 Å². The third-order valence-corrected chi connectivity index (χ3v) is 2.65. The molecule has 17 heavy (non-hydrogen) atoms. The number of nitrogens with zero attached hydrogens (tertiary/aromatic N) is 3. The fourth-order valence-corrected chi connectivity index (χ4v) is 1.52. The van der Waals surface area contributed by atoms with Crippen LogP contribution >= 0.6 is 0 Å². The molecule has 0 fully saturated rings. The molecule has 0 aliphatic rings. The third kappa shape index (κ3) is 4.30. The summed E-state index contributed by atoms with van der Waals surface area (Å²) in [5.41, 5.74) is 0.989. The van der Waals surface area contributed by atoms with Gasteiger partial charge in [0.15, 0.2) is 0 Å². The summed E-state index contributed by atoms with van der Waals surface area (Å²) < 4.78 is 0. The van der Waals surface area contributed by atoms with E-state index in [2.05, 4.69) is 28.7 Å². The van der Waals surface area contributed by atoms with Crippen molar-refractivity contribution in [2.45, 2.75) is 46.1 Å². The molecule has 1 unspecified atom stereocenters. The van der Waals surface area contributed by atoms with Gasteiger partial charge in [0, 0.05) is 31.3 Å². The molecule has 0 aromatic carbocycles. The zero-order valence-corrected chi connectivity index (χ0v) is 11.4. The molecule has 1 aromatic heterocycles. The van der Waals surface area contributed by atoms with Gasteiger partial charge < -0.3 is 10.0 Å². The molecule has 96 valence electrons. The van der Waals surface area contributed by atoms with Crippen molar-refractivity contribution in [1.82, 2.24) is 9.97 Å². The second kappa shape index (κ2) is 5.96. The van der Waals surface area contributed by atoms with E-state index in [4.69, 9.17) is 0 Å². The summed E-state index contributed by atoms with van der Waals surface area (Å²) in [6, 6.07) is 1.98. The average Bonchev–Trinajstić information content (AvgIpc) is 2.24. The fraction of sp³-hybridized carbons (Fsp3) is 0.692. The Morgan fingerprint density at radius 3 is 2.47 bits per heavy atom. The Morgan fingerprint density at radius 2 is 1.94 bits per heavy atom. The lowest BCUT2D eigenvalue weighted by molar-refractivity contribution is 0.187. The summed E-state index contributed by atoms with van der Waals surface area (Å²) >= 11 is 0. The van der Waals surface area contributed by atoms with E-state index in [1.54, 1.807) is 6.92 Å². The first kappa shape index (κ1) is 13.9. The second-order valence-corrected chi connectivity index (χ2v) is 4.94. The molecular formula is C13H23N3O. The van der Waals surface area contributed by atoms with Crippen molar-refractivity contribution < 1.29 is 5.11 Å². The van der Waals surface area contributed by atoms with Gasteiger partial charge in [-0.25, -0.2) is 9.97 Å². The molecule has 0 saturated heterocycles. The van der Waals surface area contributed by atoms with Gasteiger partial charge in [-0.3, -0.25) is 0 Å². The fourth-order valence-electron chi connectivity index (χ4n) is 1.52. The lowest BCUT2D eigenvalue weighted by Crippen LogP contribution is -2.23. The summed E-state index contributed by atoms with van der Waals surface area (Å²) in [6.45, 7) is 8.77. The molecule has 1 atom stereocenters. The summed E-state index contributed by atoms with van der Waals surface area (Å²) in [6.07, 6.45) is 0.473. The summed E-state index contributed by atoms with van der Waals surface area (Å²) in [4.78, 5) is 11.0. The molecule has 0 amide bonds. The molecule has 1 aromatic rings. The minimum Gasteiger partial charge on any atom is -0.393 e. The maximum Gasteiger partial charge on any atom is 0.133 e. The Balaban J connectivity index is 2.82. The monoisotopic (exact) mass is 237 g/mol. The van der Waals surface area contributed by atoms with Crippen LogP contribution in [0.15, 0.2) is 6.07 Å². The minimum absolute atomic E-state index is 0.273. The highest BCUT2D eigenvalue weighted by molar-refractivity contribution is 5.38. The van der Waals surface area contributed by atoms with Crippen LogP contribution in [0.4, 0.5) is 5.82 Å². The Morgan fingerprint density at radius 1 is 1.29 bits per heavy atom. The zero-order valence-electron chi connectivity index (χ0n) is 11.4. The maximum atomic E-state index is 9.29. The third-order valence-electron chi connectivity index (χ3n) is 2.65. The molecule has 0 bridgehead atoms. The summed E-state index contributed by atoms with van der Waals surface area (Å²) in [7, 11) is 1.99. The van der Waals surface area contributed by atoms with Gasteiger partial charge in [-0.15, -0.1) is 0 Å². The summed E-state index contributed by atoms with van der Waals surface area (Å²) in [5.74, 6) is 2.14. The standard InChI is InChI=1S/C13H23N3O/c1-9(2)13-14-10(3)8-12(15-13)16(5)7-6-11(4)17/h8-9,11,17H,6-7H2,1-5H3. The smallest absolute Gasteiger partial charge is 0.133 e. The van der Waals surface area contributed by atoms with Gasteiger partial charge in [0.2, 0.25) is 0 Å². The van der Waals surface area contributed by atoms with Crippen LogP contribution in [0.5, 0.6) is 0 Å². The predicted octanol–water partition coefficient (Wildman–Crippen LogP) is 2.12. The van der Waals surface area contributed by atoms with Crippen LogP contribution in [-0.2, 0) is 0 Å².